The predicted octanol–water partition coefficient (Wildman–Crippen LogP) is 4.21. The van der Waals surface area contributed by atoms with Gasteiger partial charge < -0.3 is 19.3 Å². The summed E-state index contributed by atoms with van der Waals surface area (Å²) >= 11 is 0. The Kier molecular flexibility index (Phi) is 4.18. The summed E-state index contributed by atoms with van der Waals surface area (Å²) in [6.07, 6.45) is 5.38. The lowest BCUT2D eigenvalue weighted by molar-refractivity contribution is 0.0693. The van der Waals surface area contributed by atoms with E-state index in [-0.39, 0.29) is 11.3 Å². The van der Waals surface area contributed by atoms with Gasteiger partial charge in [0, 0.05) is 41.6 Å². The Labute approximate surface area is 160 Å². The molecule has 136 valence electrons. The Morgan fingerprint density at radius 2 is 1.75 bits per heavy atom. The lowest BCUT2D eigenvalue weighted by atomic mass is 10.1. The number of para-hydroxylation sites is 1. The fourth-order valence-corrected chi connectivity index (χ4v) is 3.17. The van der Waals surface area contributed by atoms with E-state index in [0.717, 1.165) is 16.9 Å². The first-order valence-corrected chi connectivity index (χ1v) is 8.50. The molecule has 4 rings (SSSR count). The van der Waals surface area contributed by atoms with Gasteiger partial charge in [0.15, 0.2) is 0 Å². The Balaban J connectivity index is 1.81. The van der Waals surface area contributed by atoms with Crippen molar-refractivity contribution in [1.82, 2.24) is 9.13 Å². The predicted molar refractivity (Wildman–Crippen MR) is 104 cm³/mol. The average molecular weight is 369 g/mol. The largest absolute Gasteiger partial charge is 0.507 e. The van der Waals surface area contributed by atoms with Crippen LogP contribution >= 0.6 is 0 Å². The molecule has 0 radical (unpaired) electrons. The highest BCUT2D eigenvalue weighted by Gasteiger charge is 2.16. The number of hydrogen-bond acceptors (Lipinski definition) is 3. The molecule has 0 unspecified atom stereocenters. The maximum absolute atomic E-state index is 11.1. The number of carbonyl (C=O) groups is 1. The van der Waals surface area contributed by atoms with Crippen molar-refractivity contribution in [3.05, 3.63) is 90.4 Å². The Morgan fingerprint density at radius 3 is 2.43 bits per heavy atom. The van der Waals surface area contributed by atoms with E-state index in [9.17, 15) is 15.2 Å². The van der Waals surface area contributed by atoms with Crippen LogP contribution in [0.2, 0.25) is 0 Å². The van der Waals surface area contributed by atoms with Gasteiger partial charge in [-0.2, -0.15) is 5.26 Å². The van der Waals surface area contributed by atoms with Gasteiger partial charge in [0.05, 0.1) is 11.3 Å². The molecule has 0 aliphatic carbocycles. The van der Waals surface area contributed by atoms with E-state index in [1.54, 1.807) is 23.0 Å². The van der Waals surface area contributed by atoms with Gasteiger partial charge >= 0.3 is 5.97 Å². The van der Waals surface area contributed by atoms with Crippen LogP contribution in [0.15, 0.2) is 79.3 Å². The number of nitriles is 1. The third-order valence-electron chi connectivity index (χ3n) is 4.52. The van der Waals surface area contributed by atoms with Crippen molar-refractivity contribution in [1.29, 1.82) is 5.26 Å². The maximum Gasteiger partial charge on any atom is 0.339 e. The lowest BCUT2D eigenvalue weighted by Crippen LogP contribution is -1.98. The van der Waals surface area contributed by atoms with Gasteiger partial charge in [-0.25, -0.2) is 4.79 Å². The van der Waals surface area contributed by atoms with Crippen LogP contribution in [0.25, 0.3) is 22.6 Å². The first kappa shape index (κ1) is 17.2. The maximum atomic E-state index is 11.1. The number of aromatic carboxylic acids is 1. The Morgan fingerprint density at radius 1 is 0.964 bits per heavy atom. The van der Waals surface area contributed by atoms with E-state index in [4.69, 9.17) is 5.11 Å². The number of carboxylic acid groups (broad SMARTS) is 1. The zero-order chi connectivity index (χ0) is 19.7. The molecule has 0 atom stereocenters. The minimum absolute atomic E-state index is 0.172. The van der Waals surface area contributed by atoms with Gasteiger partial charge in [0.2, 0.25) is 0 Å². The summed E-state index contributed by atoms with van der Waals surface area (Å²) in [5.41, 5.74) is 3.42. The fourth-order valence-electron chi connectivity index (χ4n) is 3.17. The molecule has 6 heteroatoms. The molecule has 0 saturated heterocycles. The zero-order valence-corrected chi connectivity index (χ0v) is 14.6. The number of hydrogen-bond donors (Lipinski definition) is 2. The van der Waals surface area contributed by atoms with Crippen molar-refractivity contribution in [2.45, 2.75) is 0 Å². The number of rotatable bonds is 4. The van der Waals surface area contributed by atoms with Crippen molar-refractivity contribution >= 4 is 5.97 Å². The van der Waals surface area contributed by atoms with Gasteiger partial charge in [0.25, 0.3) is 0 Å². The lowest BCUT2D eigenvalue weighted by Gasteiger charge is -2.08. The molecule has 0 spiro atoms. The third kappa shape index (κ3) is 2.91. The third-order valence-corrected chi connectivity index (χ3v) is 4.52. The van der Waals surface area contributed by atoms with E-state index < -0.39 is 5.97 Å². The summed E-state index contributed by atoms with van der Waals surface area (Å²) in [4.78, 5) is 11.1. The van der Waals surface area contributed by atoms with E-state index in [2.05, 4.69) is 6.07 Å². The molecule has 2 N–H and O–H groups in total. The second-order valence-electron chi connectivity index (χ2n) is 6.21. The number of phenols is 1. The molecular weight excluding hydrogens is 354 g/mol. The Hall–Kier alpha value is -4.24. The number of nitrogens with zero attached hydrogens (tertiary/aromatic N) is 3. The molecule has 6 nitrogen and oxygen atoms in total. The highest BCUT2D eigenvalue weighted by atomic mass is 16.4. The van der Waals surface area contributed by atoms with E-state index in [1.165, 1.54) is 12.1 Å². The van der Waals surface area contributed by atoms with Crippen molar-refractivity contribution in [2.24, 2.45) is 0 Å². The number of carboxylic acids is 1. The molecule has 0 aliphatic heterocycles. The molecule has 0 amide bonds. The minimum Gasteiger partial charge on any atom is -0.507 e. The topological polar surface area (TPSA) is 91.2 Å². The van der Waals surface area contributed by atoms with E-state index >= 15 is 0 Å². The molecular formula is C22H15N3O3. The highest BCUT2D eigenvalue weighted by molar-refractivity contribution is 5.91. The molecule has 28 heavy (non-hydrogen) atoms. The molecule has 4 aromatic rings. The highest BCUT2D eigenvalue weighted by Crippen LogP contribution is 2.30. The minimum atomic E-state index is -1.20. The summed E-state index contributed by atoms with van der Waals surface area (Å²) < 4.78 is 3.69. The van der Waals surface area contributed by atoms with Crippen LogP contribution in [0.3, 0.4) is 0 Å². The van der Waals surface area contributed by atoms with E-state index in [0.29, 0.717) is 11.3 Å². The van der Waals surface area contributed by atoms with Crippen molar-refractivity contribution in [3.8, 4) is 34.5 Å². The van der Waals surface area contributed by atoms with Crippen LogP contribution in [0.4, 0.5) is 0 Å². The van der Waals surface area contributed by atoms with Crippen LogP contribution in [-0.2, 0) is 0 Å². The first-order valence-electron chi connectivity index (χ1n) is 8.50. The summed E-state index contributed by atoms with van der Waals surface area (Å²) in [6.45, 7) is 0. The van der Waals surface area contributed by atoms with Gasteiger partial charge in [-0.15, -0.1) is 0 Å². The molecule has 0 bridgehead atoms. The zero-order valence-electron chi connectivity index (χ0n) is 14.6. The monoisotopic (exact) mass is 369 g/mol. The fraction of sp³-hybridized carbons (Fsp3) is 0. The van der Waals surface area contributed by atoms with Crippen LogP contribution in [-0.4, -0.2) is 25.3 Å². The van der Waals surface area contributed by atoms with E-state index in [1.807, 2.05) is 53.2 Å². The number of aromatic hydroxyl groups is 1. The van der Waals surface area contributed by atoms with Crippen molar-refractivity contribution < 1.29 is 15.0 Å². The quantitative estimate of drug-likeness (QED) is 0.564. The van der Waals surface area contributed by atoms with Gasteiger partial charge in [-0.05, 0) is 36.4 Å². The molecule has 2 aromatic heterocycles. The van der Waals surface area contributed by atoms with Gasteiger partial charge in [0.1, 0.15) is 17.4 Å². The summed E-state index contributed by atoms with van der Waals surface area (Å²) in [7, 11) is 0. The smallest absolute Gasteiger partial charge is 0.339 e. The number of aromatic nitrogens is 2. The number of benzene rings is 2. The Bertz CT molecular complexity index is 1210. The van der Waals surface area contributed by atoms with Crippen LogP contribution in [0.1, 0.15) is 15.9 Å². The summed E-state index contributed by atoms with van der Waals surface area (Å²) in [5.74, 6) is -1.53. The standard InChI is InChI=1S/C22H15N3O3/c23-12-15-13-24(17-8-9-18(22(27)28)21(26)11-17)14-19(15)20-7-4-10-25(20)16-5-2-1-3-6-16/h1-11,13-14,26H,(H,27,28). The van der Waals surface area contributed by atoms with Crippen LogP contribution in [0, 0.1) is 11.3 Å². The molecule has 0 fully saturated rings. The second kappa shape index (κ2) is 6.82. The summed E-state index contributed by atoms with van der Waals surface area (Å²) in [6, 6.07) is 20.1. The molecule has 0 saturated carbocycles. The van der Waals surface area contributed by atoms with Crippen LogP contribution in [0.5, 0.6) is 5.75 Å². The second-order valence-corrected chi connectivity index (χ2v) is 6.21. The van der Waals surface area contributed by atoms with Crippen LogP contribution < -0.4 is 0 Å². The molecule has 2 heterocycles. The summed E-state index contributed by atoms with van der Waals surface area (Å²) in [5, 5.41) is 28.6. The average Bonchev–Trinajstić information content (AvgIpc) is 3.35. The van der Waals surface area contributed by atoms with Gasteiger partial charge in [-0.3, -0.25) is 0 Å². The first-order chi connectivity index (χ1) is 13.6. The van der Waals surface area contributed by atoms with Crippen molar-refractivity contribution in [2.75, 3.05) is 0 Å². The normalized spacial score (nSPS) is 10.5. The molecule has 0 aliphatic rings. The SMILES string of the molecule is N#Cc1cn(-c2ccc(C(=O)O)c(O)c2)cc1-c1cccn1-c1ccccc1. The van der Waals surface area contributed by atoms with Crippen molar-refractivity contribution in [3.63, 3.8) is 0 Å². The van der Waals surface area contributed by atoms with Gasteiger partial charge in [-0.1, -0.05) is 18.2 Å². The molecule has 2 aromatic carbocycles.